The van der Waals surface area contributed by atoms with Crippen molar-refractivity contribution in [2.45, 2.75) is 31.8 Å². The van der Waals surface area contributed by atoms with E-state index in [-0.39, 0.29) is 12.1 Å². The van der Waals surface area contributed by atoms with Gasteiger partial charge in [-0.25, -0.2) is 13.1 Å². The molecule has 7 heteroatoms. The summed E-state index contributed by atoms with van der Waals surface area (Å²) in [5, 5.41) is 0.592. The second-order valence-corrected chi connectivity index (χ2v) is 7.98. The number of halogens is 1. The van der Waals surface area contributed by atoms with Crippen LogP contribution in [0.25, 0.3) is 0 Å². The van der Waals surface area contributed by atoms with E-state index in [0.717, 1.165) is 24.9 Å². The molecule has 124 valence electrons. The molecule has 2 atom stereocenters. The quantitative estimate of drug-likeness (QED) is 0.889. The van der Waals surface area contributed by atoms with Crippen LogP contribution in [-0.2, 0) is 10.0 Å². The molecular weight excluding hydrogens is 324 g/mol. The van der Waals surface area contributed by atoms with Crippen molar-refractivity contribution in [2.75, 3.05) is 26.5 Å². The fraction of sp³-hybridized carbons (Fsp3) is 0.600. The van der Waals surface area contributed by atoms with Gasteiger partial charge in [0.15, 0.2) is 0 Å². The third kappa shape index (κ3) is 4.59. The van der Waals surface area contributed by atoms with Gasteiger partial charge in [0.05, 0.1) is 18.4 Å². The lowest BCUT2D eigenvalue weighted by atomic mass is 10.0. The molecule has 1 aromatic carbocycles. The first kappa shape index (κ1) is 17.5. The Kier molecular flexibility index (Phi) is 5.71. The van der Waals surface area contributed by atoms with Crippen LogP contribution in [0.2, 0.25) is 5.02 Å². The van der Waals surface area contributed by atoms with Gasteiger partial charge in [-0.2, -0.15) is 0 Å². The zero-order valence-corrected chi connectivity index (χ0v) is 14.7. The molecule has 1 N–H and O–H groups in total. The van der Waals surface area contributed by atoms with E-state index in [9.17, 15) is 8.42 Å². The van der Waals surface area contributed by atoms with Crippen LogP contribution in [0.3, 0.4) is 0 Å². The van der Waals surface area contributed by atoms with Crippen molar-refractivity contribution in [3.8, 4) is 5.75 Å². The standard InChI is InChI=1S/C15H23ClN2O3S/c1-11(12-6-7-15(21-2)14(16)9-12)18-8-4-5-13(10-18)17-22(3,19)20/h6-7,9,11,13,17H,4-5,8,10H2,1-3H3. The minimum absolute atomic E-state index is 0.0279. The van der Waals surface area contributed by atoms with E-state index >= 15 is 0 Å². The van der Waals surface area contributed by atoms with Crippen molar-refractivity contribution in [1.82, 2.24) is 9.62 Å². The minimum Gasteiger partial charge on any atom is -0.495 e. The Labute approximate surface area is 137 Å². The Morgan fingerprint density at radius 1 is 1.45 bits per heavy atom. The van der Waals surface area contributed by atoms with E-state index in [2.05, 4.69) is 16.5 Å². The molecule has 0 aromatic heterocycles. The highest BCUT2D eigenvalue weighted by Gasteiger charge is 2.26. The fourth-order valence-corrected chi connectivity index (χ4v) is 3.97. The Morgan fingerprint density at radius 2 is 2.18 bits per heavy atom. The fourth-order valence-electron chi connectivity index (χ4n) is 2.91. The van der Waals surface area contributed by atoms with Gasteiger partial charge in [-0.05, 0) is 44.0 Å². The van der Waals surface area contributed by atoms with Crippen LogP contribution in [-0.4, -0.2) is 45.8 Å². The Hall–Kier alpha value is -0.820. The van der Waals surface area contributed by atoms with Crippen molar-refractivity contribution in [1.29, 1.82) is 0 Å². The van der Waals surface area contributed by atoms with Crippen LogP contribution in [0.1, 0.15) is 31.4 Å². The monoisotopic (exact) mass is 346 g/mol. The maximum absolute atomic E-state index is 11.4. The van der Waals surface area contributed by atoms with Crippen LogP contribution in [0, 0.1) is 0 Å². The van der Waals surface area contributed by atoms with Crippen LogP contribution in [0.5, 0.6) is 5.75 Å². The number of likely N-dealkylation sites (tertiary alicyclic amines) is 1. The molecule has 5 nitrogen and oxygen atoms in total. The number of ether oxygens (including phenoxy) is 1. The zero-order chi connectivity index (χ0) is 16.3. The van der Waals surface area contributed by atoms with Crippen LogP contribution in [0.15, 0.2) is 18.2 Å². The number of nitrogens with zero attached hydrogens (tertiary/aromatic N) is 1. The summed E-state index contributed by atoms with van der Waals surface area (Å²) < 4.78 is 30.7. The van der Waals surface area contributed by atoms with E-state index in [1.165, 1.54) is 6.26 Å². The van der Waals surface area contributed by atoms with Gasteiger partial charge in [-0.3, -0.25) is 4.90 Å². The first-order chi connectivity index (χ1) is 10.3. The molecular formula is C15H23ClN2O3S. The van der Waals surface area contributed by atoms with E-state index in [1.807, 2.05) is 18.2 Å². The molecule has 1 saturated heterocycles. The average molecular weight is 347 g/mol. The van der Waals surface area contributed by atoms with Gasteiger partial charge in [-0.15, -0.1) is 0 Å². The van der Waals surface area contributed by atoms with E-state index in [0.29, 0.717) is 17.3 Å². The summed E-state index contributed by atoms with van der Waals surface area (Å²) in [7, 11) is -1.57. The summed E-state index contributed by atoms with van der Waals surface area (Å²) >= 11 is 6.19. The molecule has 1 heterocycles. The van der Waals surface area contributed by atoms with Gasteiger partial charge in [0.2, 0.25) is 10.0 Å². The number of sulfonamides is 1. The average Bonchev–Trinajstić information content (AvgIpc) is 2.45. The molecule has 2 unspecified atom stereocenters. The van der Waals surface area contributed by atoms with Gasteiger partial charge in [0, 0.05) is 18.6 Å². The summed E-state index contributed by atoms with van der Waals surface area (Å²) in [6.07, 6.45) is 3.06. The Morgan fingerprint density at radius 3 is 2.77 bits per heavy atom. The molecule has 0 spiro atoms. The Balaban J connectivity index is 2.08. The smallest absolute Gasteiger partial charge is 0.208 e. The van der Waals surface area contributed by atoms with Crippen LogP contribution in [0.4, 0.5) is 0 Å². The Bertz CT molecular complexity index is 621. The van der Waals surface area contributed by atoms with Crippen molar-refractivity contribution < 1.29 is 13.2 Å². The van der Waals surface area contributed by atoms with Crippen LogP contribution >= 0.6 is 11.6 Å². The minimum atomic E-state index is -3.17. The van der Waals surface area contributed by atoms with Crippen molar-refractivity contribution >= 4 is 21.6 Å². The number of methoxy groups -OCH3 is 1. The highest BCUT2D eigenvalue weighted by atomic mass is 35.5. The third-order valence-corrected chi connectivity index (χ3v) is 5.10. The maximum Gasteiger partial charge on any atom is 0.208 e. The molecule has 0 saturated carbocycles. The summed E-state index contributed by atoms with van der Waals surface area (Å²) in [6, 6.07) is 5.93. The lowest BCUT2D eigenvalue weighted by Gasteiger charge is -2.37. The van der Waals surface area contributed by atoms with E-state index < -0.39 is 10.0 Å². The van der Waals surface area contributed by atoms with Gasteiger partial charge in [-0.1, -0.05) is 17.7 Å². The predicted molar refractivity (Wildman–Crippen MR) is 89.0 cm³/mol. The molecule has 22 heavy (non-hydrogen) atoms. The van der Waals surface area contributed by atoms with Gasteiger partial charge < -0.3 is 4.74 Å². The molecule has 2 rings (SSSR count). The SMILES string of the molecule is COc1ccc(C(C)N2CCCC(NS(C)(=O)=O)C2)cc1Cl. The molecule has 1 fully saturated rings. The highest BCUT2D eigenvalue weighted by Crippen LogP contribution is 2.31. The largest absolute Gasteiger partial charge is 0.495 e. The van der Waals surface area contributed by atoms with E-state index in [1.54, 1.807) is 7.11 Å². The lowest BCUT2D eigenvalue weighted by Crippen LogP contribution is -2.47. The summed E-state index contributed by atoms with van der Waals surface area (Å²) in [6.45, 7) is 3.77. The zero-order valence-electron chi connectivity index (χ0n) is 13.2. The number of piperidine rings is 1. The number of rotatable bonds is 5. The van der Waals surface area contributed by atoms with Gasteiger partial charge in [0.1, 0.15) is 5.75 Å². The second kappa shape index (κ2) is 7.17. The second-order valence-electron chi connectivity index (χ2n) is 5.79. The number of nitrogens with one attached hydrogen (secondary N) is 1. The molecule has 1 aliphatic rings. The highest BCUT2D eigenvalue weighted by molar-refractivity contribution is 7.88. The summed E-state index contributed by atoms with van der Waals surface area (Å²) in [5.41, 5.74) is 1.10. The normalized spacial score (nSPS) is 21.5. The number of hydrogen-bond donors (Lipinski definition) is 1. The molecule has 0 amide bonds. The van der Waals surface area contributed by atoms with Crippen LogP contribution < -0.4 is 9.46 Å². The lowest BCUT2D eigenvalue weighted by molar-refractivity contribution is 0.154. The summed E-state index contributed by atoms with van der Waals surface area (Å²) in [4.78, 5) is 2.28. The van der Waals surface area contributed by atoms with Crippen molar-refractivity contribution in [3.05, 3.63) is 28.8 Å². The van der Waals surface area contributed by atoms with Gasteiger partial charge >= 0.3 is 0 Å². The third-order valence-electron chi connectivity index (χ3n) is 4.04. The predicted octanol–water partition coefficient (Wildman–Crippen LogP) is 2.42. The number of benzene rings is 1. The first-order valence-electron chi connectivity index (χ1n) is 7.35. The molecule has 0 radical (unpaired) electrons. The molecule has 0 aliphatic carbocycles. The molecule has 1 aliphatic heterocycles. The van der Waals surface area contributed by atoms with Crippen molar-refractivity contribution in [3.63, 3.8) is 0 Å². The van der Waals surface area contributed by atoms with E-state index in [4.69, 9.17) is 16.3 Å². The first-order valence-corrected chi connectivity index (χ1v) is 9.62. The van der Waals surface area contributed by atoms with Gasteiger partial charge in [0.25, 0.3) is 0 Å². The summed E-state index contributed by atoms with van der Waals surface area (Å²) in [5.74, 6) is 0.660. The van der Waals surface area contributed by atoms with Crippen molar-refractivity contribution in [2.24, 2.45) is 0 Å². The maximum atomic E-state index is 11.4. The number of hydrogen-bond acceptors (Lipinski definition) is 4. The molecule has 0 bridgehead atoms. The topological polar surface area (TPSA) is 58.6 Å². The molecule has 1 aromatic rings.